The zero-order chi connectivity index (χ0) is 20.8. The van der Waals surface area contributed by atoms with Gasteiger partial charge in [0.2, 0.25) is 0 Å². The lowest BCUT2D eigenvalue weighted by Crippen LogP contribution is -2.05. The number of hydrazone groups is 1. The van der Waals surface area contributed by atoms with Crippen molar-refractivity contribution in [1.29, 1.82) is 0 Å². The molecular weight excluding hydrogens is 398 g/mol. The molecule has 0 amide bonds. The van der Waals surface area contributed by atoms with Gasteiger partial charge >= 0.3 is 0 Å². The Bertz CT molecular complexity index is 1050. The van der Waals surface area contributed by atoms with Gasteiger partial charge in [-0.05, 0) is 42.0 Å². The molecular formula is C20H18ClN3O5. The van der Waals surface area contributed by atoms with Crippen LogP contribution >= 0.6 is 11.6 Å². The van der Waals surface area contributed by atoms with Crippen LogP contribution in [0.1, 0.15) is 11.3 Å². The fraction of sp³-hybridized carbons (Fsp3) is 0.150. The van der Waals surface area contributed by atoms with E-state index < -0.39 is 4.92 Å². The second-order valence-corrected chi connectivity index (χ2v) is 6.31. The number of ether oxygens (including phenoxy) is 2. The normalized spacial score (nSPS) is 10.9. The molecule has 1 N–H and O–H groups in total. The lowest BCUT2D eigenvalue weighted by molar-refractivity contribution is -0.384. The Morgan fingerprint density at radius 3 is 2.66 bits per heavy atom. The number of hydrogen-bond acceptors (Lipinski definition) is 7. The summed E-state index contributed by atoms with van der Waals surface area (Å²) in [5.41, 5.74) is 4.27. The zero-order valence-electron chi connectivity index (χ0n) is 15.7. The quantitative estimate of drug-likeness (QED) is 0.326. The highest BCUT2D eigenvalue weighted by molar-refractivity contribution is 6.32. The Balaban J connectivity index is 1.64. The van der Waals surface area contributed by atoms with Crippen LogP contribution in [0.3, 0.4) is 0 Å². The van der Waals surface area contributed by atoms with E-state index in [2.05, 4.69) is 10.5 Å². The average molecular weight is 416 g/mol. The molecule has 0 saturated carbocycles. The van der Waals surface area contributed by atoms with Gasteiger partial charge in [-0.25, -0.2) is 0 Å². The van der Waals surface area contributed by atoms with Crippen molar-refractivity contribution >= 4 is 23.5 Å². The number of benzene rings is 2. The molecule has 0 spiro atoms. The maximum Gasteiger partial charge on any atom is 0.288 e. The van der Waals surface area contributed by atoms with Gasteiger partial charge < -0.3 is 19.3 Å². The van der Waals surface area contributed by atoms with Crippen LogP contribution in [0.5, 0.6) is 11.5 Å². The first-order valence-corrected chi connectivity index (χ1v) is 8.90. The van der Waals surface area contributed by atoms with E-state index in [-0.39, 0.29) is 10.7 Å². The minimum atomic E-state index is -0.533. The SMILES string of the molecule is COc1ccc(CN/N=C\c2ccc(-c3ccc(Cl)c([N+](=O)[O-])c3)o2)cc1OC. The van der Waals surface area contributed by atoms with Crippen LogP contribution in [0.25, 0.3) is 11.3 Å². The summed E-state index contributed by atoms with van der Waals surface area (Å²) in [6.45, 7) is 0.480. The van der Waals surface area contributed by atoms with E-state index in [1.165, 1.54) is 18.3 Å². The van der Waals surface area contributed by atoms with Gasteiger partial charge in [0, 0.05) is 11.6 Å². The summed E-state index contributed by atoms with van der Waals surface area (Å²) in [6, 6.07) is 13.5. The zero-order valence-corrected chi connectivity index (χ0v) is 16.5. The minimum Gasteiger partial charge on any atom is -0.493 e. The van der Waals surface area contributed by atoms with Crippen molar-refractivity contribution in [3.8, 4) is 22.8 Å². The summed E-state index contributed by atoms with van der Waals surface area (Å²) in [5.74, 6) is 2.28. The van der Waals surface area contributed by atoms with E-state index in [1.807, 2.05) is 18.2 Å². The van der Waals surface area contributed by atoms with E-state index in [9.17, 15) is 10.1 Å². The van der Waals surface area contributed by atoms with Crippen LogP contribution in [-0.4, -0.2) is 25.4 Å². The third-order valence-electron chi connectivity index (χ3n) is 4.07. The Morgan fingerprint density at radius 2 is 1.93 bits per heavy atom. The highest BCUT2D eigenvalue weighted by Gasteiger charge is 2.15. The maximum absolute atomic E-state index is 11.0. The molecule has 3 rings (SSSR count). The van der Waals surface area contributed by atoms with Crippen molar-refractivity contribution < 1.29 is 18.8 Å². The fourth-order valence-corrected chi connectivity index (χ4v) is 2.81. The van der Waals surface area contributed by atoms with Crippen LogP contribution < -0.4 is 14.9 Å². The molecule has 3 aromatic rings. The predicted octanol–water partition coefficient (Wildman–Crippen LogP) is 4.65. The second kappa shape index (κ2) is 9.11. The summed E-state index contributed by atoms with van der Waals surface area (Å²) in [5, 5.41) is 15.2. The summed E-state index contributed by atoms with van der Waals surface area (Å²) >= 11 is 5.84. The lowest BCUT2D eigenvalue weighted by Gasteiger charge is -2.09. The number of hydrogen-bond donors (Lipinski definition) is 1. The van der Waals surface area contributed by atoms with Crippen LogP contribution in [0, 0.1) is 10.1 Å². The van der Waals surface area contributed by atoms with Gasteiger partial charge in [-0.15, -0.1) is 0 Å². The van der Waals surface area contributed by atoms with Crippen molar-refractivity contribution in [1.82, 2.24) is 5.43 Å². The Hall–Kier alpha value is -3.52. The van der Waals surface area contributed by atoms with Gasteiger partial charge in [0.15, 0.2) is 11.5 Å². The summed E-state index contributed by atoms with van der Waals surface area (Å²) in [7, 11) is 3.16. The minimum absolute atomic E-state index is 0.0754. The molecule has 150 valence electrons. The predicted molar refractivity (Wildman–Crippen MR) is 110 cm³/mol. The van der Waals surface area contributed by atoms with Crippen LogP contribution in [-0.2, 0) is 6.54 Å². The molecule has 29 heavy (non-hydrogen) atoms. The molecule has 0 saturated heterocycles. The average Bonchev–Trinajstić information content (AvgIpc) is 3.20. The molecule has 9 heteroatoms. The van der Waals surface area contributed by atoms with E-state index in [4.69, 9.17) is 25.5 Å². The van der Waals surface area contributed by atoms with Crippen LogP contribution in [0.2, 0.25) is 5.02 Å². The summed E-state index contributed by atoms with van der Waals surface area (Å²) in [4.78, 5) is 10.5. The Labute approximate surface area is 171 Å². The van der Waals surface area contributed by atoms with Gasteiger partial charge in [-0.1, -0.05) is 17.7 Å². The van der Waals surface area contributed by atoms with Gasteiger partial charge in [0.25, 0.3) is 5.69 Å². The standard InChI is InChI=1S/C20H18ClN3O5/c1-27-19-7-3-13(9-20(19)28-2)11-22-23-12-15-5-8-18(29-15)14-4-6-16(21)17(10-14)24(25)26/h3-10,12,22H,11H2,1-2H3/b23-12-. The first kappa shape index (κ1) is 20.2. The molecule has 1 aromatic heterocycles. The summed E-state index contributed by atoms with van der Waals surface area (Å²) in [6.07, 6.45) is 1.52. The van der Waals surface area contributed by atoms with Crippen molar-refractivity contribution in [3.05, 3.63) is 75.0 Å². The Kier molecular flexibility index (Phi) is 6.36. The van der Waals surface area contributed by atoms with Gasteiger partial charge in [-0.3, -0.25) is 10.1 Å². The van der Waals surface area contributed by atoms with E-state index in [0.29, 0.717) is 35.1 Å². The van der Waals surface area contributed by atoms with Crippen LogP contribution in [0.15, 0.2) is 58.0 Å². The number of nitrogens with one attached hydrogen (secondary N) is 1. The molecule has 2 aromatic carbocycles. The van der Waals surface area contributed by atoms with Gasteiger partial charge in [-0.2, -0.15) is 5.10 Å². The first-order chi connectivity index (χ1) is 14.0. The molecule has 1 heterocycles. The second-order valence-electron chi connectivity index (χ2n) is 5.91. The third kappa shape index (κ3) is 4.85. The molecule has 0 bridgehead atoms. The van der Waals surface area contributed by atoms with Gasteiger partial charge in [0.05, 0.1) is 31.9 Å². The van der Waals surface area contributed by atoms with Crippen molar-refractivity contribution in [3.63, 3.8) is 0 Å². The highest BCUT2D eigenvalue weighted by Crippen LogP contribution is 2.31. The molecule has 8 nitrogen and oxygen atoms in total. The first-order valence-electron chi connectivity index (χ1n) is 8.53. The maximum atomic E-state index is 11.0. The number of rotatable bonds is 8. The molecule has 0 aliphatic heterocycles. The topological polar surface area (TPSA) is 99.1 Å². The molecule has 0 aliphatic rings. The van der Waals surface area contributed by atoms with Crippen molar-refractivity contribution in [2.75, 3.05) is 14.2 Å². The van der Waals surface area contributed by atoms with E-state index >= 15 is 0 Å². The Morgan fingerprint density at radius 1 is 1.14 bits per heavy atom. The van der Waals surface area contributed by atoms with Crippen molar-refractivity contribution in [2.24, 2.45) is 5.10 Å². The fourth-order valence-electron chi connectivity index (χ4n) is 2.62. The molecule has 0 aliphatic carbocycles. The monoisotopic (exact) mass is 415 g/mol. The van der Waals surface area contributed by atoms with Crippen molar-refractivity contribution in [2.45, 2.75) is 6.54 Å². The third-order valence-corrected chi connectivity index (χ3v) is 4.39. The van der Waals surface area contributed by atoms with Gasteiger partial charge in [0.1, 0.15) is 16.5 Å². The van der Waals surface area contributed by atoms with E-state index in [1.54, 1.807) is 32.4 Å². The summed E-state index contributed by atoms with van der Waals surface area (Å²) < 4.78 is 16.2. The number of nitro groups is 1. The molecule has 0 atom stereocenters. The molecule has 0 fully saturated rings. The highest BCUT2D eigenvalue weighted by atomic mass is 35.5. The van der Waals surface area contributed by atoms with Crippen LogP contribution in [0.4, 0.5) is 5.69 Å². The lowest BCUT2D eigenvalue weighted by atomic mass is 10.1. The number of furan rings is 1. The number of halogens is 1. The molecule has 0 unspecified atom stereocenters. The number of nitrogens with zero attached hydrogens (tertiary/aromatic N) is 2. The number of nitro benzene ring substituents is 1. The largest absolute Gasteiger partial charge is 0.493 e. The molecule has 0 radical (unpaired) electrons. The smallest absolute Gasteiger partial charge is 0.288 e. The number of methoxy groups -OCH3 is 2. The van der Waals surface area contributed by atoms with E-state index in [0.717, 1.165) is 5.56 Å².